The predicted octanol–water partition coefficient (Wildman–Crippen LogP) is 9.94. The molecule has 240 valence electrons. The summed E-state index contributed by atoms with van der Waals surface area (Å²) in [6, 6.07) is 66.8. The lowest BCUT2D eigenvalue weighted by Gasteiger charge is -2.38. The molecule has 0 saturated carbocycles. The summed E-state index contributed by atoms with van der Waals surface area (Å²) in [5.74, 6) is 2.00. The number of para-hydroxylation sites is 2. The van der Waals surface area contributed by atoms with E-state index in [4.69, 9.17) is 4.74 Å². The van der Waals surface area contributed by atoms with Crippen LogP contribution in [0.5, 0.6) is 11.5 Å². The van der Waals surface area contributed by atoms with Crippen molar-refractivity contribution in [1.82, 2.24) is 0 Å². The van der Waals surface area contributed by atoms with E-state index in [1.807, 2.05) is 0 Å². The summed E-state index contributed by atoms with van der Waals surface area (Å²) >= 11 is 0. The third kappa shape index (κ3) is 5.16. The van der Waals surface area contributed by atoms with Gasteiger partial charge in [0.15, 0.2) is 0 Å². The van der Waals surface area contributed by atoms with Crippen LogP contribution in [-0.2, 0) is 5.41 Å². The standard InChI is InChI=1S/C47H36OP2/c1-47(2)39-27-15-31-43(49(35-21-5-3-6-22-35)41-29-13-19-33-17-9-11-25-37(33)41)45(39)48-46-40(47)28-16-32-44(46)50(36-23-7-4-8-24-36)42-30-14-20-34-18-10-12-26-38(34)42/h3-32H,1-2H3. The number of ether oxygens (including phenoxy) is 1. The van der Waals surface area contributed by atoms with E-state index >= 15 is 0 Å². The highest BCUT2D eigenvalue weighted by Crippen LogP contribution is 2.52. The molecule has 0 fully saturated rings. The molecule has 3 heteroatoms. The molecule has 2 unspecified atom stereocenters. The van der Waals surface area contributed by atoms with E-state index in [1.54, 1.807) is 0 Å². The lowest BCUT2D eigenvalue weighted by molar-refractivity contribution is 0.425. The first-order valence-corrected chi connectivity index (χ1v) is 19.9. The fraction of sp³-hybridized carbons (Fsp3) is 0.0638. The van der Waals surface area contributed by atoms with Crippen molar-refractivity contribution >= 4 is 69.2 Å². The van der Waals surface area contributed by atoms with E-state index in [0.717, 1.165) is 11.5 Å². The van der Waals surface area contributed by atoms with Crippen LogP contribution in [0.1, 0.15) is 25.0 Å². The van der Waals surface area contributed by atoms with Crippen LogP contribution < -0.4 is 36.6 Å². The van der Waals surface area contributed by atoms with Crippen LogP contribution in [0, 0.1) is 0 Å². The molecule has 1 nitrogen and oxygen atoms in total. The van der Waals surface area contributed by atoms with Crippen molar-refractivity contribution < 1.29 is 4.74 Å². The van der Waals surface area contributed by atoms with Gasteiger partial charge in [-0.15, -0.1) is 0 Å². The monoisotopic (exact) mass is 678 g/mol. The average Bonchev–Trinajstić information content (AvgIpc) is 3.17. The van der Waals surface area contributed by atoms with Crippen LogP contribution in [0.25, 0.3) is 21.5 Å². The van der Waals surface area contributed by atoms with Crippen molar-refractivity contribution in [2.24, 2.45) is 0 Å². The van der Waals surface area contributed by atoms with E-state index in [9.17, 15) is 0 Å². The van der Waals surface area contributed by atoms with E-state index in [0.29, 0.717) is 0 Å². The topological polar surface area (TPSA) is 9.23 Å². The van der Waals surface area contributed by atoms with E-state index in [-0.39, 0.29) is 5.41 Å². The van der Waals surface area contributed by atoms with Gasteiger partial charge in [-0.1, -0.05) is 196 Å². The summed E-state index contributed by atoms with van der Waals surface area (Å²) in [6.07, 6.45) is 0. The maximum Gasteiger partial charge on any atom is 0.139 e. The Morgan fingerprint density at radius 3 is 1.18 bits per heavy atom. The zero-order chi connectivity index (χ0) is 33.7. The molecule has 0 N–H and O–H groups in total. The fourth-order valence-corrected chi connectivity index (χ4v) is 12.8. The first-order chi connectivity index (χ1) is 24.6. The summed E-state index contributed by atoms with van der Waals surface area (Å²) in [4.78, 5) is 0. The number of hydrogen-bond donors (Lipinski definition) is 0. The molecule has 8 aromatic carbocycles. The van der Waals surface area contributed by atoms with Gasteiger partial charge in [-0.3, -0.25) is 0 Å². The summed E-state index contributed by atoms with van der Waals surface area (Å²) in [6.45, 7) is 4.73. The molecule has 0 bridgehead atoms. The minimum atomic E-state index is -0.947. The molecular weight excluding hydrogens is 642 g/mol. The largest absolute Gasteiger partial charge is 0.455 e. The summed E-state index contributed by atoms with van der Waals surface area (Å²) in [5.41, 5.74) is 2.19. The first kappa shape index (κ1) is 31.0. The second kappa shape index (κ2) is 12.7. The van der Waals surface area contributed by atoms with Gasteiger partial charge < -0.3 is 4.74 Å². The molecular formula is C47H36OP2. The molecule has 1 aliphatic rings. The van der Waals surface area contributed by atoms with Gasteiger partial charge in [0.2, 0.25) is 0 Å². The van der Waals surface area contributed by atoms with E-state index in [2.05, 4.69) is 196 Å². The Labute approximate surface area is 296 Å². The number of benzene rings is 8. The average molecular weight is 679 g/mol. The maximum atomic E-state index is 7.48. The van der Waals surface area contributed by atoms with E-state index in [1.165, 1.54) is 64.5 Å². The highest BCUT2D eigenvalue weighted by atomic mass is 31.1. The molecule has 0 saturated heterocycles. The lowest BCUT2D eigenvalue weighted by Crippen LogP contribution is -2.33. The molecule has 8 aromatic rings. The zero-order valence-electron chi connectivity index (χ0n) is 28.1. The molecule has 0 amide bonds. The summed E-state index contributed by atoms with van der Waals surface area (Å²) in [5, 5.41) is 12.9. The third-order valence-corrected chi connectivity index (χ3v) is 15.1. The molecule has 0 aromatic heterocycles. The quantitative estimate of drug-likeness (QED) is 0.159. The Bertz CT molecular complexity index is 2320. The molecule has 0 aliphatic carbocycles. The Kier molecular flexibility index (Phi) is 7.85. The molecule has 50 heavy (non-hydrogen) atoms. The maximum absolute atomic E-state index is 7.48. The van der Waals surface area contributed by atoms with Crippen LogP contribution in [0.3, 0.4) is 0 Å². The van der Waals surface area contributed by atoms with E-state index < -0.39 is 15.8 Å². The van der Waals surface area contributed by atoms with Crippen LogP contribution in [-0.4, -0.2) is 0 Å². The molecule has 2 atom stereocenters. The molecule has 1 heterocycles. The second-order valence-corrected chi connectivity index (χ2v) is 17.7. The van der Waals surface area contributed by atoms with Crippen molar-refractivity contribution in [3.63, 3.8) is 0 Å². The van der Waals surface area contributed by atoms with Crippen LogP contribution in [0.4, 0.5) is 0 Å². The Hall–Kier alpha value is -5.06. The minimum absolute atomic E-state index is 0.276. The van der Waals surface area contributed by atoms with Gasteiger partial charge in [-0.05, 0) is 58.6 Å². The van der Waals surface area contributed by atoms with Gasteiger partial charge >= 0.3 is 0 Å². The van der Waals surface area contributed by atoms with Gasteiger partial charge in [0.1, 0.15) is 11.5 Å². The Balaban J connectivity index is 1.29. The second-order valence-electron chi connectivity index (χ2n) is 13.4. The zero-order valence-corrected chi connectivity index (χ0v) is 29.9. The third-order valence-electron chi connectivity index (χ3n) is 10.1. The fourth-order valence-electron chi connectivity index (χ4n) is 7.62. The van der Waals surface area contributed by atoms with Crippen molar-refractivity contribution in [3.8, 4) is 11.5 Å². The molecule has 0 radical (unpaired) electrons. The van der Waals surface area contributed by atoms with Crippen LogP contribution in [0.2, 0.25) is 0 Å². The van der Waals surface area contributed by atoms with Crippen molar-refractivity contribution in [3.05, 3.63) is 193 Å². The minimum Gasteiger partial charge on any atom is -0.455 e. The Morgan fingerprint density at radius 2 is 0.720 bits per heavy atom. The normalized spacial score (nSPS) is 14.4. The van der Waals surface area contributed by atoms with Gasteiger partial charge in [0.05, 0.1) is 0 Å². The molecule has 1 aliphatic heterocycles. The van der Waals surface area contributed by atoms with Crippen LogP contribution in [0.15, 0.2) is 182 Å². The van der Waals surface area contributed by atoms with Gasteiger partial charge in [0.25, 0.3) is 0 Å². The van der Waals surface area contributed by atoms with Crippen LogP contribution >= 0.6 is 15.8 Å². The van der Waals surface area contributed by atoms with Crippen molar-refractivity contribution in [2.75, 3.05) is 0 Å². The summed E-state index contributed by atoms with van der Waals surface area (Å²) in [7, 11) is -1.89. The number of hydrogen-bond acceptors (Lipinski definition) is 1. The summed E-state index contributed by atoms with van der Waals surface area (Å²) < 4.78 is 7.48. The lowest BCUT2D eigenvalue weighted by atomic mass is 9.76. The SMILES string of the molecule is CC1(C)c2cccc(P(c3ccccc3)c3cccc4ccccc34)c2Oc2c(P(c3ccccc3)c3cccc4ccccc34)cccc21. The highest BCUT2D eigenvalue weighted by molar-refractivity contribution is 7.81. The van der Waals surface area contributed by atoms with Gasteiger partial charge in [-0.2, -0.15) is 0 Å². The smallest absolute Gasteiger partial charge is 0.139 e. The van der Waals surface area contributed by atoms with Gasteiger partial charge in [0, 0.05) is 27.2 Å². The van der Waals surface area contributed by atoms with Crippen molar-refractivity contribution in [2.45, 2.75) is 19.3 Å². The predicted molar refractivity (Wildman–Crippen MR) is 218 cm³/mol. The number of rotatable bonds is 6. The molecule has 0 spiro atoms. The highest BCUT2D eigenvalue weighted by Gasteiger charge is 2.39. The number of fused-ring (bicyclic) bond motifs is 4. The first-order valence-electron chi connectivity index (χ1n) is 17.2. The molecule has 9 rings (SSSR count). The Morgan fingerprint density at radius 1 is 0.360 bits per heavy atom. The van der Waals surface area contributed by atoms with Gasteiger partial charge in [-0.25, -0.2) is 0 Å². The van der Waals surface area contributed by atoms with Crippen molar-refractivity contribution in [1.29, 1.82) is 0 Å².